The van der Waals surface area contributed by atoms with Gasteiger partial charge in [0.25, 0.3) is 0 Å². The van der Waals surface area contributed by atoms with E-state index >= 15 is 0 Å². The average molecular weight is 423 g/mol. The lowest BCUT2D eigenvalue weighted by molar-refractivity contribution is -0.137. The molecule has 2 aromatic rings. The Kier molecular flexibility index (Phi) is 5.05. The minimum Gasteiger partial charge on any atom is -0.497 e. The van der Waals surface area contributed by atoms with Crippen molar-refractivity contribution in [1.29, 1.82) is 0 Å². The summed E-state index contributed by atoms with van der Waals surface area (Å²) in [5.74, 6) is 3.08. The van der Waals surface area contributed by atoms with Gasteiger partial charge in [-0.3, -0.25) is 9.69 Å². The number of rotatable bonds is 6. The minimum atomic E-state index is -0.367. The lowest BCUT2D eigenvalue weighted by Gasteiger charge is -2.34. The van der Waals surface area contributed by atoms with Gasteiger partial charge in [0.05, 0.1) is 21.3 Å². The predicted octanol–water partition coefficient (Wildman–Crippen LogP) is 3.65. The summed E-state index contributed by atoms with van der Waals surface area (Å²) in [7, 11) is 5.04. The van der Waals surface area contributed by atoms with Crippen LogP contribution in [0.4, 0.5) is 0 Å². The highest BCUT2D eigenvalue weighted by Gasteiger charge is 2.65. The van der Waals surface area contributed by atoms with Crippen LogP contribution in [0.3, 0.4) is 0 Å². The zero-order valence-corrected chi connectivity index (χ0v) is 18.5. The fourth-order valence-electron chi connectivity index (χ4n) is 6.10. The van der Waals surface area contributed by atoms with Gasteiger partial charge < -0.3 is 19.1 Å². The lowest BCUT2D eigenvalue weighted by Crippen LogP contribution is -2.49. The average Bonchev–Trinajstić information content (AvgIpc) is 3.44. The number of carbonyl (C=O) groups is 1. The quantitative estimate of drug-likeness (QED) is 0.711. The van der Waals surface area contributed by atoms with Crippen LogP contribution in [0.2, 0.25) is 0 Å². The summed E-state index contributed by atoms with van der Waals surface area (Å²) in [4.78, 5) is 18.3. The number of hydrogen-bond acceptors (Lipinski definition) is 5. The van der Waals surface area contributed by atoms with Gasteiger partial charge in [-0.2, -0.15) is 0 Å². The standard InChI is InChI=1S/C25H30N2O4/c1-29-19-7-4-6-17(12-19)15-26-16-18-13-22(27-11-5-10-25(18,27)24(26)28)21-9-8-20(30-2)14-23(21)31-3/h4,6-9,12,14,18,22H,5,10-11,13,15-16H2,1-3H3/t18-,22-,25-/m0/s1. The number of ether oxygens (including phenoxy) is 3. The number of methoxy groups -OCH3 is 3. The molecule has 0 unspecified atom stereocenters. The van der Waals surface area contributed by atoms with Crippen molar-refractivity contribution in [2.75, 3.05) is 34.4 Å². The first-order valence-electron chi connectivity index (χ1n) is 11.0. The first-order valence-corrected chi connectivity index (χ1v) is 11.0. The van der Waals surface area contributed by atoms with Crippen LogP contribution in [0, 0.1) is 5.92 Å². The smallest absolute Gasteiger partial charge is 0.243 e. The van der Waals surface area contributed by atoms with Gasteiger partial charge in [-0.15, -0.1) is 0 Å². The van der Waals surface area contributed by atoms with Crippen LogP contribution in [0.25, 0.3) is 0 Å². The highest BCUT2D eigenvalue weighted by molar-refractivity contribution is 5.90. The zero-order chi connectivity index (χ0) is 21.6. The molecule has 3 aliphatic heterocycles. The van der Waals surface area contributed by atoms with E-state index in [-0.39, 0.29) is 17.5 Å². The maximum atomic E-state index is 13.8. The van der Waals surface area contributed by atoms with Gasteiger partial charge >= 0.3 is 0 Å². The monoisotopic (exact) mass is 422 g/mol. The van der Waals surface area contributed by atoms with E-state index in [1.807, 2.05) is 30.3 Å². The van der Waals surface area contributed by atoms with Gasteiger partial charge in [0.2, 0.25) is 5.91 Å². The molecule has 0 bridgehead atoms. The van der Waals surface area contributed by atoms with E-state index in [0.717, 1.165) is 60.7 Å². The molecule has 6 heteroatoms. The van der Waals surface area contributed by atoms with Crippen molar-refractivity contribution < 1.29 is 19.0 Å². The SMILES string of the molecule is COc1cccc(CN2C[C@@H]3C[C@@H](c4ccc(OC)cc4OC)N4CCC[C@@]34C2=O)c1. The van der Waals surface area contributed by atoms with Gasteiger partial charge in [0, 0.05) is 36.7 Å². The van der Waals surface area contributed by atoms with Gasteiger partial charge in [-0.05, 0) is 49.6 Å². The first kappa shape index (κ1) is 20.2. The van der Waals surface area contributed by atoms with Crippen LogP contribution >= 0.6 is 0 Å². The number of hydrogen-bond donors (Lipinski definition) is 0. The second kappa shape index (κ2) is 7.75. The molecule has 1 spiro atoms. The van der Waals surface area contributed by atoms with Gasteiger partial charge in [0.15, 0.2) is 0 Å². The molecule has 0 N–H and O–H groups in total. The summed E-state index contributed by atoms with van der Waals surface area (Å²) in [6.07, 6.45) is 2.98. The Balaban J connectivity index is 1.42. The third-order valence-electron chi connectivity index (χ3n) is 7.43. The molecular formula is C25H30N2O4. The molecule has 31 heavy (non-hydrogen) atoms. The molecule has 3 atom stereocenters. The van der Waals surface area contributed by atoms with E-state index in [0.29, 0.717) is 12.5 Å². The first-order chi connectivity index (χ1) is 15.1. The van der Waals surface area contributed by atoms with Crippen LogP contribution in [0.1, 0.15) is 36.4 Å². The number of carbonyl (C=O) groups excluding carboxylic acids is 1. The number of amides is 1. The maximum Gasteiger partial charge on any atom is 0.243 e. The Hall–Kier alpha value is -2.73. The van der Waals surface area contributed by atoms with E-state index < -0.39 is 0 Å². The third-order valence-corrected chi connectivity index (χ3v) is 7.43. The van der Waals surface area contributed by atoms with E-state index in [9.17, 15) is 4.79 Å². The maximum absolute atomic E-state index is 13.8. The second-order valence-corrected chi connectivity index (χ2v) is 8.81. The molecule has 3 heterocycles. The normalized spacial score (nSPS) is 27.3. The summed E-state index contributed by atoms with van der Waals surface area (Å²) in [6, 6.07) is 14.3. The van der Waals surface area contributed by atoms with Crippen LogP contribution in [0.15, 0.2) is 42.5 Å². The third kappa shape index (κ3) is 3.07. The van der Waals surface area contributed by atoms with Gasteiger partial charge in [-0.25, -0.2) is 0 Å². The van der Waals surface area contributed by atoms with Crippen molar-refractivity contribution in [2.45, 2.75) is 37.4 Å². The molecule has 3 saturated heterocycles. The Bertz CT molecular complexity index is 993. The van der Waals surface area contributed by atoms with E-state index in [1.165, 1.54) is 0 Å². The fourth-order valence-corrected chi connectivity index (χ4v) is 6.10. The van der Waals surface area contributed by atoms with Crippen LogP contribution < -0.4 is 14.2 Å². The summed E-state index contributed by atoms with van der Waals surface area (Å²) < 4.78 is 16.4. The van der Waals surface area contributed by atoms with Gasteiger partial charge in [-0.1, -0.05) is 18.2 Å². The van der Waals surface area contributed by atoms with Crippen LogP contribution in [-0.2, 0) is 11.3 Å². The molecule has 1 amide bonds. The van der Waals surface area contributed by atoms with E-state index in [2.05, 4.69) is 21.9 Å². The number of benzene rings is 2. The fraction of sp³-hybridized carbons (Fsp3) is 0.480. The predicted molar refractivity (Wildman–Crippen MR) is 117 cm³/mol. The van der Waals surface area contributed by atoms with Crippen molar-refractivity contribution >= 4 is 5.91 Å². The molecule has 3 aliphatic rings. The molecule has 6 nitrogen and oxygen atoms in total. The van der Waals surface area contributed by atoms with Crippen molar-refractivity contribution in [3.63, 3.8) is 0 Å². The topological polar surface area (TPSA) is 51.2 Å². The zero-order valence-electron chi connectivity index (χ0n) is 18.5. The van der Waals surface area contributed by atoms with E-state index in [4.69, 9.17) is 14.2 Å². The number of nitrogens with zero attached hydrogens (tertiary/aromatic N) is 2. The Labute approximate surface area is 183 Å². The molecule has 2 aromatic carbocycles. The van der Waals surface area contributed by atoms with Crippen molar-refractivity contribution in [3.05, 3.63) is 53.6 Å². The molecule has 3 fully saturated rings. The Morgan fingerprint density at radius 3 is 2.61 bits per heavy atom. The number of likely N-dealkylation sites (tertiary alicyclic amines) is 1. The second-order valence-electron chi connectivity index (χ2n) is 8.81. The van der Waals surface area contributed by atoms with Crippen molar-refractivity contribution in [1.82, 2.24) is 9.80 Å². The molecular weight excluding hydrogens is 392 g/mol. The molecule has 5 rings (SSSR count). The Morgan fingerprint density at radius 1 is 1.03 bits per heavy atom. The van der Waals surface area contributed by atoms with Crippen LogP contribution in [0.5, 0.6) is 17.2 Å². The summed E-state index contributed by atoms with van der Waals surface area (Å²) in [5.41, 5.74) is 1.90. The highest BCUT2D eigenvalue weighted by atomic mass is 16.5. The molecule has 0 aromatic heterocycles. The van der Waals surface area contributed by atoms with Crippen molar-refractivity contribution in [3.8, 4) is 17.2 Å². The minimum absolute atomic E-state index is 0.205. The van der Waals surface area contributed by atoms with Gasteiger partial charge in [0.1, 0.15) is 22.8 Å². The lowest BCUT2D eigenvalue weighted by atomic mass is 9.85. The van der Waals surface area contributed by atoms with Crippen molar-refractivity contribution in [2.24, 2.45) is 5.92 Å². The highest BCUT2D eigenvalue weighted by Crippen LogP contribution is 2.57. The largest absolute Gasteiger partial charge is 0.497 e. The summed E-state index contributed by atoms with van der Waals surface area (Å²) >= 11 is 0. The van der Waals surface area contributed by atoms with Crippen LogP contribution in [-0.4, -0.2) is 55.7 Å². The molecule has 164 valence electrons. The van der Waals surface area contributed by atoms with E-state index in [1.54, 1.807) is 21.3 Å². The Morgan fingerprint density at radius 2 is 1.84 bits per heavy atom. The molecule has 0 radical (unpaired) electrons. The summed E-state index contributed by atoms with van der Waals surface area (Å²) in [5, 5.41) is 0. The molecule has 0 aliphatic carbocycles. The molecule has 0 saturated carbocycles. The summed E-state index contributed by atoms with van der Waals surface area (Å²) in [6.45, 7) is 2.40.